The Hall–Kier alpha value is -1.91. The van der Waals surface area contributed by atoms with Gasteiger partial charge in [0, 0.05) is 25.1 Å². The lowest BCUT2D eigenvalue weighted by Gasteiger charge is -2.04. The molecule has 0 atom stereocenters. The number of aryl methyl sites for hydroxylation is 2. The van der Waals surface area contributed by atoms with E-state index < -0.39 is 0 Å². The molecule has 0 aromatic carbocycles. The number of anilines is 1. The van der Waals surface area contributed by atoms with Crippen LogP contribution < -0.4 is 5.32 Å². The molecule has 0 aliphatic carbocycles. The highest BCUT2D eigenvalue weighted by molar-refractivity contribution is 5.23. The van der Waals surface area contributed by atoms with Crippen LogP contribution in [0.3, 0.4) is 0 Å². The molecule has 2 rings (SSSR count). The number of hydrogen-bond donors (Lipinski definition) is 1. The van der Waals surface area contributed by atoms with Gasteiger partial charge in [0.25, 0.3) is 0 Å². The molecule has 0 unspecified atom stereocenters. The Kier molecular flexibility index (Phi) is 3.14. The molecule has 2 heterocycles. The molecule has 16 heavy (non-hydrogen) atoms. The van der Waals surface area contributed by atoms with E-state index in [1.54, 1.807) is 12.4 Å². The van der Waals surface area contributed by atoms with Gasteiger partial charge in [-0.2, -0.15) is 5.10 Å². The average Bonchev–Trinajstić information content (AvgIpc) is 2.67. The summed E-state index contributed by atoms with van der Waals surface area (Å²) in [6.07, 6.45) is 7.46. The largest absolute Gasteiger partial charge is 0.352 e. The van der Waals surface area contributed by atoms with E-state index in [1.165, 1.54) is 5.56 Å². The Morgan fingerprint density at radius 2 is 1.88 bits per heavy atom. The van der Waals surface area contributed by atoms with Crippen LogP contribution >= 0.6 is 0 Å². The second-order valence-corrected chi connectivity index (χ2v) is 3.79. The predicted molar refractivity (Wildman–Crippen MR) is 62.2 cm³/mol. The highest BCUT2D eigenvalue weighted by Gasteiger charge is 1.96. The Morgan fingerprint density at radius 3 is 2.50 bits per heavy atom. The number of nitrogens with one attached hydrogen (secondary N) is 1. The Bertz CT molecular complexity index is 446. The van der Waals surface area contributed by atoms with Gasteiger partial charge in [0.2, 0.25) is 5.95 Å². The van der Waals surface area contributed by atoms with E-state index in [1.807, 2.05) is 30.9 Å². The van der Waals surface area contributed by atoms with Crippen LogP contribution in [0.4, 0.5) is 5.95 Å². The monoisotopic (exact) mass is 217 g/mol. The normalized spacial score (nSPS) is 10.4. The number of nitrogens with zero attached hydrogens (tertiary/aromatic N) is 4. The molecule has 0 aliphatic rings. The van der Waals surface area contributed by atoms with Crippen molar-refractivity contribution in [2.45, 2.75) is 20.4 Å². The van der Waals surface area contributed by atoms with Crippen LogP contribution in [0.5, 0.6) is 0 Å². The standard InChI is InChI=1S/C11H15N5/c1-9-5-13-11(14-6-9)12-3-4-16-8-10(2)7-15-16/h5-8H,3-4H2,1-2H3,(H,12,13,14). The van der Waals surface area contributed by atoms with Crippen LogP contribution in [0.15, 0.2) is 24.8 Å². The van der Waals surface area contributed by atoms with E-state index in [4.69, 9.17) is 0 Å². The van der Waals surface area contributed by atoms with E-state index in [-0.39, 0.29) is 0 Å². The van der Waals surface area contributed by atoms with E-state index in [2.05, 4.69) is 20.4 Å². The molecule has 0 radical (unpaired) electrons. The molecule has 5 nitrogen and oxygen atoms in total. The van der Waals surface area contributed by atoms with Gasteiger partial charge in [0.15, 0.2) is 0 Å². The van der Waals surface area contributed by atoms with Gasteiger partial charge in [0.1, 0.15) is 0 Å². The molecule has 2 aromatic rings. The van der Waals surface area contributed by atoms with Gasteiger partial charge < -0.3 is 5.32 Å². The van der Waals surface area contributed by atoms with Crippen molar-refractivity contribution in [3.05, 3.63) is 35.9 Å². The van der Waals surface area contributed by atoms with E-state index >= 15 is 0 Å². The molecule has 0 spiro atoms. The third kappa shape index (κ3) is 2.79. The molecular formula is C11H15N5. The zero-order valence-electron chi connectivity index (χ0n) is 9.51. The zero-order chi connectivity index (χ0) is 11.4. The topological polar surface area (TPSA) is 55.6 Å². The van der Waals surface area contributed by atoms with Crippen molar-refractivity contribution in [2.24, 2.45) is 0 Å². The lowest BCUT2D eigenvalue weighted by Crippen LogP contribution is -2.12. The molecule has 84 valence electrons. The lowest BCUT2D eigenvalue weighted by molar-refractivity contribution is 0.635. The third-order valence-corrected chi connectivity index (χ3v) is 2.17. The van der Waals surface area contributed by atoms with Gasteiger partial charge >= 0.3 is 0 Å². The van der Waals surface area contributed by atoms with Crippen molar-refractivity contribution in [2.75, 3.05) is 11.9 Å². The van der Waals surface area contributed by atoms with Gasteiger partial charge in [-0.25, -0.2) is 9.97 Å². The second kappa shape index (κ2) is 4.74. The fraction of sp³-hybridized carbons (Fsp3) is 0.364. The first kappa shape index (κ1) is 10.6. The summed E-state index contributed by atoms with van der Waals surface area (Å²) in [5, 5.41) is 7.34. The number of aromatic nitrogens is 4. The fourth-order valence-electron chi connectivity index (χ4n) is 1.36. The van der Waals surface area contributed by atoms with Gasteiger partial charge in [-0.05, 0) is 25.0 Å². The minimum Gasteiger partial charge on any atom is -0.352 e. The van der Waals surface area contributed by atoms with E-state index in [0.717, 1.165) is 18.7 Å². The predicted octanol–water partition coefficient (Wildman–Crippen LogP) is 1.40. The summed E-state index contributed by atoms with van der Waals surface area (Å²) in [7, 11) is 0. The third-order valence-electron chi connectivity index (χ3n) is 2.17. The van der Waals surface area contributed by atoms with Gasteiger partial charge in [-0.1, -0.05) is 0 Å². The first-order chi connectivity index (χ1) is 7.74. The van der Waals surface area contributed by atoms with Crippen LogP contribution in [-0.2, 0) is 6.54 Å². The molecule has 0 saturated carbocycles. The van der Waals surface area contributed by atoms with E-state index in [0.29, 0.717) is 5.95 Å². The summed E-state index contributed by atoms with van der Waals surface area (Å²) in [6.45, 7) is 5.57. The van der Waals surface area contributed by atoms with Crippen molar-refractivity contribution in [1.82, 2.24) is 19.7 Å². The number of rotatable bonds is 4. The molecule has 0 aliphatic heterocycles. The molecule has 0 bridgehead atoms. The van der Waals surface area contributed by atoms with Crippen LogP contribution in [0.25, 0.3) is 0 Å². The van der Waals surface area contributed by atoms with Crippen molar-refractivity contribution in [3.63, 3.8) is 0 Å². The fourth-order valence-corrected chi connectivity index (χ4v) is 1.36. The minimum absolute atomic E-state index is 0.662. The maximum Gasteiger partial charge on any atom is 0.222 e. The molecule has 0 amide bonds. The van der Waals surface area contributed by atoms with Crippen LogP contribution in [-0.4, -0.2) is 26.3 Å². The first-order valence-corrected chi connectivity index (χ1v) is 5.25. The lowest BCUT2D eigenvalue weighted by atomic mass is 10.4. The maximum atomic E-state index is 4.20. The Morgan fingerprint density at radius 1 is 1.12 bits per heavy atom. The highest BCUT2D eigenvalue weighted by atomic mass is 15.3. The SMILES string of the molecule is Cc1cnc(NCCn2cc(C)cn2)nc1. The first-order valence-electron chi connectivity index (χ1n) is 5.25. The van der Waals surface area contributed by atoms with Crippen LogP contribution in [0.1, 0.15) is 11.1 Å². The summed E-state index contributed by atoms with van der Waals surface area (Å²) in [6, 6.07) is 0. The summed E-state index contributed by atoms with van der Waals surface area (Å²) in [5.41, 5.74) is 2.24. The van der Waals surface area contributed by atoms with Crippen molar-refractivity contribution >= 4 is 5.95 Å². The van der Waals surface area contributed by atoms with Crippen molar-refractivity contribution < 1.29 is 0 Å². The number of hydrogen-bond acceptors (Lipinski definition) is 4. The van der Waals surface area contributed by atoms with Gasteiger partial charge in [-0.3, -0.25) is 4.68 Å². The van der Waals surface area contributed by atoms with Crippen molar-refractivity contribution in [3.8, 4) is 0 Å². The molecule has 1 N–H and O–H groups in total. The Labute approximate surface area is 94.5 Å². The van der Waals surface area contributed by atoms with Crippen LogP contribution in [0.2, 0.25) is 0 Å². The second-order valence-electron chi connectivity index (χ2n) is 3.79. The van der Waals surface area contributed by atoms with E-state index in [9.17, 15) is 0 Å². The van der Waals surface area contributed by atoms with Crippen LogP contribution in [0, 0.1) is 13.8 Å². The summed E-state index contributed by atoms with van der Waals surface area (Å²) in [4.78, 5) is 8.33. The average molecular weight is 217 g/mol. The molecule has 2 aromatic heterocycles. The molecular weight excluding hydrogens is 202 g/mol. The summed E-state index contributed by atoms with van der Waals surface area (Å²) in [5.74, 6) is 0.662. The summed E-state index contributed by atoms with van der Waals surface area (Å²) >= 11 is 0. The minimum atomic E-state index is 0.662. The Balaban J connectivity index is 1.82. The smallest absolute Gasteiger partial charge is 0.222 e. The quantitative estimate of drug-likeness (QED) is 0.841. The van der Waals surface area contributed by atoms with Crippen molar-refractivity contribution in [1.29, 1.82) is 0 Å². The maximum absolute atomic E-state index is 4.20. The molecule has 5 heteroatoms. The summed E-state index contributed by atoms with van der Waals surface area (Å²) < 4.78 is 1.90. The molecule has 0 saturated heterocycles. The van der Waals surface area contributed by atoms with Gasteiger partial charge in [-0.15, -0.1) is 0 Å². The molecule has 0 fully saturated rings. The zero-order valence-corrected chi connectivity index (χ0v) is 9.51. The highest BCUT2D eigenvalue weighted by Crippen LogP contribution is 1.98. The van der Waals surface area contributed by atoms with Gasteiger partial charge in [0.05, 0.1) is 12.7 Å².